The second-order valence-corrected chi connectivity index (χ2v) is 8.46. The summed E-state index contributed by atoms with van der Waals surface area (Å²) >= 11 is 0. The number of carbonyl (C=O) groups is 2. The van der Waals surface area contributed by atoms with Gasteiger partial charge < -0.3 is 14.8 Å². The van der Waals surface area contributed by atoms with E-state index in [4.69, 9.17) is 9.47 Å². The number of benzene rings is 1. The molecule has 5 rings (SSSR count). The lowest BCUT2D eigenvalue weighted by atomic mass is 9.49. The van der Waals surface area contributed by atoms with Gasteiger partial charge >= 0.3 is 5.97 Å². The summed E-state index contributed by atoms with van der Waals surface area (Å²) in [7, 11) is 1.40. The molecule has 0 unspecified atom stereocenters. The third-order valence-electron chi connectivity index (χ3n) is 6.48. The van der Waals surface area contributed by atoms with Crippen molar-refractivity contribution in [3.63, 3.8) is 0 Å². The van der Waals surface area contributed by atoms with Crippen LogP contribution in [-0.2, 0) is 14.3 Å². The Hall–Kier alpha value is -2.64. The highest BCUT2D eigenvalue weighted by molar-refractivity contribution is 5.95. The average molecular weight is 388 g/mol. The summed E-state index contributed by atoms with van der Waals surface area (Å²) in [6.07, 6.45) is 6.24. The molecule has 0 aliphatic heterocycles. The number of hydrogen-bond acceptors (Lipinski definition) is 6. The van der Waals surface area contributed by atoms with Gasteiger partial charge in [0.15, 0.2) is 6.61 Å². The number of hydrogen-bond donors (Lipinski definition) is 1. The molecule has 0 saturated heterocycles. The Balaban J connectivity index is 1.37. The average Bonchev–Trinajstić information content (AvgIpc) is 2.65. The summed E-state index contributed by atoms with van der Waals surface area (Å²) < 4.78 is 10.3. The molecule has 4 fully saturated rings. The van der Waals surface area contributed by atoms with E-state index >= 15 is 0 Å². The topological polar surface area (TPSA) is 108 Å². The van der Waals surface area contributed by atoms with Gasteiger partial charge in [-0.3, -0.25) is 19.7 Å². The summed E-state index contributed by atoms with van der Waals surface area (Å²) in [5.74, 6) is 1.26. The van der Waals surface area contributed by atoms with Crippen molar-refractivity contribution < 1.29 is 24.0 Å². The molecule has 4 bridgehead atoms. The van der Waals surface area contributed by atoms with Crippen LogP contribution in [-0.4, -0.2) is 30.5 Å². The second-order valence-electron chi connectivity index (χ2n) is 8.46. The van der Waals surface area contributed by atoms with E-state index in [2.05, 4.69) is 5.32 Å². The van der Waals surface area contributed by atoms with Gasteiger partial charge in [-0.25, -0.2) is 0 Å². The van der Waals surface area contributed by atoms with Crippen LogP contribution in [0.15, 0.2) is 18.2 Å². The van der Waals surface area contributed by atoms with E-state index in [1.165, 1.54) is 44.6 Å². The first-order chi connectivity index (χ1) is 13.4. The highest BCUT2D eigenvalue weighted by atomic mass is 16.6. The lowest BCUT2D eigenvalue weighted by Crippen LogP contribution is -2.50. The second kappa shape index (κ2) is 7.07. The van der Waals surface area contributed by atoms with Gasteiger partial charge in [0.1, 0.15) is 11.4 Å². The van der Waals surface area contributed by atoms with Crippen LogP contribution in [0.3, 0.4) is 0 Å². The predicted octanol–water partition coefficient (Wildman–Crippen LogP) is 3.30. The molecule has 4 saturated carbocycles. The molecule has 8 nitrogen and oxygen atoms in total. The maximum atomic E-state index is 12.8. The molecule has 28 heavy (non-hydrogen) atoms. The SMILES string of the molecule is COc1ccc(NC(=O)COC(=O)C23CC4CC(CC(C4)C2)C3)c([N+](=O)[O-])c1. The van der Waals surface area contributed by atoms with Gasteiger partial charge in [-0.05, 0) is 68.4 Å². The molecule has 4 aliphatic carbocycles. The largest absolute Gasteiger partial charge is 0.496 e. The Morgan fingerprint density at radius 3 is 2.32 bits per heavy atom. The van der Waals surface area contributed by atoms with E-state index in [1.54, 1.807) is 0 Å². The van der Waals surface area contributed by atoms with E-state index in [0.717, 1.165) is 19.3 Å². The summed E-state index contributed by atoms with van der Waals surface area (Å²) in [5.41, 5.74) is -0.664. The predicted molar refractivity (Wildman–Crippen MR) is 99.8 cm³/mol. The minimum atomic E-state index is -0.598. The van der Waals surface area contributed by atoms with Gasteiger partial charge in [0.05, 0.1) is 23.5 Å². The number of rotatable bonds is 6. The van der Waals surface area contributed by atoms with Crippen LogP contribution in [0.4, 0.5) is 11.4 Å². The van der Waals surface area contributed by atoms with Crippen molar-refractivity contribution in [3.8, 4) is 5.75 Å². The van der Waals surface area contributed by atoms with Crippen molar-refractivity contribution in [3.05, 3.63) is 28.3 Å². The molecule has 8 heteroatoms. The van der Waals surface area contributed by atoms with E-state index in [1.807, 2.05) is 0 Å². The lowest BCUT2D eigenvalue weighted by Gasteiger charge is -2.55. The number of esters is 1. The standard InChI is InChI=1S/C20H24N2O6/c1-27-15-2-3-16(17(7-15)22(25)26)21-18(23)11-28-19(24)20-8-12-4-13(9-20)6-14(5-12)10-20/h2-3,7,12-14H,4-6,8-11H2,1H3,(H,21,23). The smallest absolute Gasteiger partial charge is 0.312 e. The minimum absolute atomic E-state index is 0.0432. The van der Waals surface area contributed by atoms with Crippen molar-refractivity contribution >= 4 is 23.3 Å². The van der Waals surface area contributed by atoms with Crippen molar-refractivity contribution in [2.75, 3.05) is 19.0 Å². The first-order valence-corrected chi connectivity index (χ1v) is 9.68. The zero-order valence-corrected chi connectivity index (χ0v) is 15.8. The molecule has 4 aliphatic rings. The third-order valence-corrected chi connectivity index (χ3v) is 6.48. The molecule has 150 valence electrons. The van der Waals surface area contributed by atoms with Crippen LogP contribution >= 0.6 is 0 Å². The number of nitro benzene ring substituents is 1. The van der Waals surface area contributed by atoms with Gasteiger partial charge in [0.25, 0.3) is 11.6 Å². The molecule has 1 amide bonds. The first-order valence-electron chi connectivity index (χ1n) is 9.68. The number of ether oxygens (including phenoxy) is 2. The summed E-state index contributed by atoms with van der Waals surface area (Å²) in [6.45, 7) is -0.441. The zero-order chi connectivity index (χ0) is 19.9. The Bertz CT molecular complexity index is 786. The van der Waals surface area contributed by atoms with Crippen LogP contribution in [0.25, 0.3) is 0 Å². The Morgan fingerprint density at radius 2 is 1.79 bits per heavy atom. The normalized spacial score (nSPS) is 30.0. The van der Waals surface area contributed by atoms with Crippen LogP contribution in [0, 0.1) is 33.3 Å². The highest BCUT2D eigenvalue weighted by Crippen LogP contribution is 2.60. The quantitative estimate of drug-likeness (QED) is 0.455. The van der Waals surface area contributed by atoms with Gasteiger partial charge in [-0.1, -0.05) is 0 Å². The van der Waals surface area contributed by atoms with Gasteiger partial charge in [0.2, 0.25) is 0 Å². The maximum Gasteiger partial charge on any atom is 0.312 e. The molecule has 1 aromatic carbocycles. The van der Waals surface area contributed by atoms with Crippen LogP contribution in [0.1, 0.15) is 38.5 Å². The molecule has 0 spiro atoms. The molecule has 1 N–H and O–H groups in total. The zero-order valence-electron chi connectivity index (χ0n) is 15.8. The third kappa shape index (κ3) is 3.43. The fourth-order valence-electron chi connectivity index (χ4n) is 5.73. The minimum Gasteiger partial charge on any atom is -0.496 e. The van der Waals surface area contributed by atoms with Gasteiger partial charge in [-0.15, -0.1) is 0 Å². The number of amides is 1. The summed E-state index contributed by atoms with van der Waals surface area (Å²) in [6, 6.07) is 4.15. The van der Waals surface area contributed by atoms with E-state index in [-0.39, 0.29) is 17.3 Å². The van der Waals surface area contributed by atoms with Gasteiger partial charge in [-0.2, -0.15) is 0 Å². The van der Waals surface area contributed by atoms with E-state index < -0.39 is 22.9 Å². The Kier molecular flexibility index (Phi) is 4.72. The number of nitrogens with zero attached hydrogens (tertiary/aromatic N) is 1. The lowest BCUT2D eigenvalue weighted by molar-refractivity contribution is -0.384. The molecule has 1 aromatic rings. The van der Waals surface area contributed by atoms with Crippen molar-refractivity contribution in [1.82, 2.24) is 0 Å². The molecule has 0 radical (unpaired) electrons. The Morgan fingerprint density at radius 1 is 1.18 bits per heavy atom. The number of carbonyl (C=O) groups excluding carboxylic acids is 2. The van der Waals surface area contributed by atoms with E-state index in [9.17, 15) is 19.7 Å². The maximum absolute atomic E-state index is 12.8. The fourth-order valence-corrected chi connectivity index (χ4v) is 5.73. The Labute approximate surface area is 162 Å². The summed E-state index contributed by atoms with van der Waals surface area (Å²) in [5, 5.41) is 13.7. The van der Waals surface area contributed by atoms with Gasteiger partial charge in [0, 0.05) is 0 Å². The number of nitro groups is 1. The van der Waals surface area contributed by atoms with Crippen LogP contribution < -0.4 is 10.1 Å². The number of anilines is 1. The molecule has 0 atom stereocenters. The van der Waals surface area contributed by atoms with Crippen LogP contribution in [0.2, 0.25) is 0 Å². The van der Waals surface area contributed by atoms with Crippen molar-refractivity contribution in [2.45, 2.75) is 38.5 Å². The molecule has 0 aromatic heterocycles. The fraction of sp³-hybridized carbons (Fsp3) is 0.600. The molecular formula is C20H24N2O6. The first kappa shape index (κ1) is 18.7. The number of nitrogens with one attached hydrogen (secondary N) is 1. The summed E-state index contributed by atoms with van der Waals surface area (Å²) in [4.78, 5) is 35.6. The van der Waals surface area contributed by atoms with Crippen molar-refractivity contribution in [2.24, 2.45) is 23.2 Å². The van der Waals surface area contributed by atoms with Crippen molar-refractivity contribution in [1.29, 1.82) is 0 Å². The number of methoxy groups -OCH3 is 1. The van der Waals surface area contributed by atoms with E-state index in [0.29, 0.717) is 23.5 Å². The highest BCUT2D eigenvalue weighted by Gasteiger charge is 2.55. The van der Waals surface area contributed by atoms with Crippen LogP contribution in [0.5, 0.6) is 5.75 Å². The molecular weight excluding hydrogens is 364 g/mol. The molecule has 0 heterocycles. The monoisotopic (exact) mass is 388 g/mol.